The molecule has 0 amide bonds. The highest BCUT2D eigenvalue weighted by atomic mass is 16.5. The van der Waals surface area contributed by atoms with Gasteiger partial charge in [-0.1, -0.05) is 38.0 Å². The molecule has 0 saturated heterocycles. The van der Waals surface area contributed by atoms with Gasteiger partial charge in [-0.25, -0.2) is 0 Å². The Labute approximate surface area is 97.9 Å². The van der Waals surface area contributed by atoms with E-state index >= 15 is 0 Å². The fourth-order valence-corrected chi connectivity index (χ4v) is 1.88. The summed E-state index contributed by atoms with van der Waals surface area (Å²) in [5.74, 6) is 0. The van der Waals surface area contributed by atoms with E-state index in [9.17, 15) is 0 Å². The molecule has 1 atom stereocenters. The maximum absolute atomic E-state index is 7.76. The Bertz CT molecular complexity index is 318. The summed E-state index contributed by atoms with van der Waals surface area (Å²) in [6.45, 7) is 4.64. The Morgan fingerprint density at radius 1 is 1.44 bits per heavy atom. The van der Waals surface area contributed by atoms with Crippen LogP contribution in [0.4, 0.5) is 0 Å². The largest absolute Gasteiger partial charge is 0.424 e. The second-order valence-electron chi connectivity index (χ2n) is 3.82. The Balaban J connectivity index is 0.000000280. The zero-order valence-electron chi connectivity index (χ0n) is 10.2. The van der Waals surface area contributed by atoms with Crippen molar-refractivity contribution in [1.82, 2.24) is 5.32 Å². The lowest BCUT2D eigenvalue weighted by Gasteiger charge is -2.08. The maximum atomic E-state index is 7.76. The molecule has 1 heterocycles. The normalized spacial score (nSPS) is 17.8. The molecule has 1 unspecified atom stereocenters. The van der Waals surface area contributed by atoms with E-state index in [0.717, 1.165) is 6.42 Å². The average molecular weight is 221 g/mol. The number of aliphatic hydroxyl groups is 1. The molecule has 16 heavy (non-hydrogen) atoms. The van der Waals surface area contributed by atoms with Crippen LogP contribution in [-0.2, 0) is 4.65 Å². The van der Waals surface area contributed by atoms with Crippen LogP contribution in [0.2, 0.25) is 6.82 Å². The third kappa shape index (κ3) is 3.08. The van der Waals surface area contributed by atoms with Crippen molar-refractivity contribution in [2.24, 2.45) is 0 Å². The highest BCUT2D eigenvalue weighted by molar-refractivity contribution is 6.67. The van der Waals surface area contributed by atoms with E-state index in [2.05, 4.69) is 43.3 Å². The van der Waals surface area contributed by atoms with Crippen molar-refractivity contribution >= 4 is 12.4 Å². The molecule has 1 aliphatic rings. The fourth-order valence-electron chi connectivity index (χ4n) is 1.88. The molecule has 1 aromatic carbocycles. The molecule has 1 aliphatic heterocycles. The summed E-state index contributed by atoms with van der Waals surface area (Å²) in [5, 5.41) is 10.2. The first-order chi connectivity index (χ1) is 7.74. The van der Waals surface area contributed by atoms with E-state index in [1.165, 1.54) is 11.0 Å². The van der Waals surface area contributed by atoms with Crippen molar-refractivity contribution in [2.75, 3.05) is 13.8 Å². The number of rotatable bonds is 2. The van der Waals surface area contributed by atoms with Crippen LogP contribution in [-0.4, -0.2) is 25.8 Å². The molecule has 1 aromatic rings. The quantitative estimate of drug-likeness (QED) is 0.581. The van der Waals surface area contributed by atoms with Crippen molar-refractivity contribution < 1.29 is 9.76 Å². The molecule has 2 rings (SSSR count). The van der Waals surface area contributed by atoms with Crippen LogP contribution in [0, 0.1) is 0 Å². The summed E-state index contributed by atoms with van der Waals surface area (Å²) >= 11 is 0. The van der Waals surface area contributed by atoms with Crippen LogP contribution >= 0.6 is 0 Å². The molecule has 0 radical (unpaired) electrons. The lowest BCUT2D eigenvalue weighted by molar-refractivity contribution is 0.221. The van der Waals surface area contributed by atoms with Gasteiger partial charge in [0.1, 0.15) is 0 Å². The van der Waals surface area contributed by atoms with Gasteiger partial charge in [-0.15, -0.1) is 0 Å². The van der Waals surface area contributed by atoms with E-state index in [1.54, 1.807) is 7.05 Å². The minimum Gasteiger partial charge on any atom is -0.424 e. The topological polar surface area (TPSA) is 41.5 Å². The van der Waals surface area contributed by atoms with Crippen LogP contribution < -0.4 is 10.8 Å². The smallest absolute Gasteiger partial charge is 0.324 e. The third-order valence-corrected chi connectivity index (χ3v) is 2.68. The number of hydrogen-bond acceptors (Lipinski definition) is 3. The predicted octanol–water partition coefficient (Wildman–Crippen LogP) is 1.15. The van der Waals surface area contributed by atoms with Crippen LogP contribution in [0.1, 0.15) is 25.0 Å². The number of fused-ring (bicyclic) bond motifs is 1. The first-order valence-electron chi connectivity index (χ1n) is 5.74. The van der Waals surface area contributed by atoms with Crippen LogP contribution in [0.3, 0.4) is 0 Å². The van der Waals surface area contributed by atoms with Gasteiger partial charge in [-0.05, 0) is 24.5 Å². The molecular formula is C12H20BNO2. The molecule has 2 N–H and O–H groups in total. The fraction of sp³-hybridized carbons (Fsp3) is 0.500. The van der Waals surface area contributed by atoms with E-state index < -0.39 is 0 Å². The molecule has 3 nitrogen and oxygen atoms in total. The van der Waals surface area contributed by atoms with E-state index in [-0.39, 0.29) is 13.6 Å². The number of nitrogens with one attached hydrogen (secondary N) is 1. The van der Waals surface area contributed by atoms with Crippen molar-refractivity contribution in [3.63, 3.8) is 0 Å². The van der Waals surface area contributed by atoms with Gasteiger partial charge in [0, 0.05) is 0 Å². The zero-order chi connectivity index (χ0) is 12.0. The van der Waals surface area contributed by atoms with Gasteiger partial charge in [0.15, 0.2) is 0 Å². The highest BCUT2D eigenvalue weighted by Crippen LogP contribution is 2.26. The van der Waals surface area contributed by atoms with Crippen molar-refractivity contribution in [3.8, 4) is 0 Å². The molecule has 0 aliphatic carbocycles. The Morgan fingerprint density at radius 3 is 2.62 bits per heavy atom. The molecule has 4 heteroatoms. The van der Waals surface area contributed by atoms with Gasteiger partial charge in [-0.2, -0.15) is 0 Å². The van der Waals surface area contributed by atoms with Gasteiger partial charge >= 0.3 is 6.92 Å². The summed E-state index contributed by atoms with van der Waals surface area (Å²) in [4.78, 5) is 0. The first-order valence-corrected chi connectivity index (χ1v) is 5.74. The van der Waals surface area contributed by atoms with E-state index in [1.807, 2.05) is 0 Å². The zero-order valence-corrected chi connectivity index (χ0v) is 10.2. The molecule has 0 spiro atoms. The van der Waals surface area contributed by atoms with Gasteiger partial charge < -0.3 is 9.76 Å². The predicted molar refractivity (Wildman–Crippen MR) is 68.0 cm³/mol. The van der Waals surface area contributed by atoms with Crippen LogP contribution in [0.15, 0.2) is 24.3 Å². The van der Waals surface area contributed by atoms with Gasteiger partial charge in [0.2, 0.25) is 0 Å². The Kier molecular flexibility index (Phi) is 5.53. The Morgan fingerprint density at radius 2 is 2.06 bits per heavy atom. The molecule has 0 aromatic heterocycles. The highest BCUT2D eigenvalue weighted by Gasteiger charge is 2.29. The summed E-state index contributed by atoms with van der Waals surface area (Å²) in [6.07, 6.45) is 1.40. The lowest BCUT2D eigenvalue weighted by Crippen LogP contribution is -2.23. The minimum atomic E-state index is 0.0694. The molecule has 0 saturated carbocycles. The minimum absolute atomic E-state index is 0.0694. The lowest BCUT2D eigenvalue weighted by atomic mass is 9.64. The van der Waals surface area contributed by atoms with Crippen LogP contribution in [0.25, 0.3) is 0 Å². The maximum Gasteiger partial charge on any atom is 0.324 e. The van der Waals surface area contributed by atoms with Crippen LogP contribution in [0.5, 0.6) is 0 Å². The third-order valence-electron chi connectivity index (χ3n) is 2.68. The van der Waals surface area contributed by atoms with Crippen molar-refractivity contribution in [2.45, 2.75) is 26.3 Å². The average Bonchev–Trinajstić information content (AvgIpc) is 2.67. The van der Waals surface area contributed by atoms with E-state index in [4.69, 9.17) is 9.76 Å². The monoisotopic (exact) mass is 221 g/mol. The summed E-state index contributed by atoms with van der Waals surface area (Å²) in [6, 6.07) is 8.50. The molecule has 0 fully saturated rings. The van der Waals surface area contributed by atoms with Crippen molar-refractivity contribution in [3.05, 3.63) is 29.8 Å². The number of aliphatic hydroxyl groups excluding tert-OH is 1. The number of hydrogen-bond donors (Lipinski definition) is 2. The van der Waals surface area contributed by atoms with E-state index in [0.29, 0.717) is 6.10 Å². The van der Waals surface area contributed by atoms with Gasteiger partial charge in [0.05, 0.1) is 12.8 Å². The van der Waals surface area contributed by atoms with Gasteiger partial charge in [0.25, 0.3) is 0 Å². The van der Waals surface area contributed by atoms with Crippen molar-refractivity contribution in [1.29, 1.82) is 0 Å². The summed E-state index contributed by atoms with van der Waals surface area (Å²) < 4.78 is 5.78. The van der Waals surface area contributed by atoms with Gasteiger partial charge in [-0.3, -0.25) is 5.32 Å². The standard InChI is InChI=1S/C10H13BO.C2H7NO/c1-3-10-8-6-4-5-7-9(8)11(2)12-10;1-3-2-4/h4-7,10H,3H2,1-2H3;3-4H,2H2,1H3. The molecule has 0 bridgehead atoms. The number of benzene rings is 1. The molecule has 88 valence electrons. The molecular weight excluding hydrogens is 201 g/mol. The summed E-state index contributed by atoms with van der Waals surface area (Å²) in [5.41, 5.74) is 2.75. The SMILES string of the molecule is CCC1OB(C)c2ccccc21.CNCO. The summed E-state index contributed by atoms with van der Waals surface area (Å²) in [7, 11) is 1.68. The first kappa shape index (κ1) is 13.2. The second kappa shape index (κ2) is 6.68. The second-order valence-corrected chi connectivity index (χ2v) is 3.82. The Hall–Kier alpha value is -0.835.